The van der Waals surface area contributed by atoms with Gasteiger partial charge in [0.15, 0.2) is 5.79 Å². The fraction of sp³-hybridized carbons (Fsp3) is 0.909. The third-order valence-corrected chi connectivity index (χ3v) is 6.07. The quantitative estimate of drug-likeness (QED) is 0.743. The number of hydrogen-bond donors (Lipinski definition) is 2. The number of amides is 2. The molecule has 1 spiro atoms. The summed E-state index contributed by atoms with van der Waals surface area (Å²) in [6, 6.07) is -0.788. The molecule has 3 fully saturated rings. The number of β-amino-alcohol motifs (C(OH)–C–C–N with tert-alkyl or cyclic N) is 1. The number of hydrogen-bond acceptors (Lipinski definition) is 5. The summed E-state index contributed by atoms with van der Waals surface area (Å²) in [6.07, 6.45) is 3.69. The van der Waals surface area contributed by atoms with Gasteiger partial charge in [0.2, 0.25) is 11.8 Å². The zero-order valence-electron chi connectivity index (χ0n) is 18.6. The average molecular weight is 411 g/mol. The fourth-order valence-corrected chi connectivity index (χ4v) is 4.67. The molecule has 29 heavy (non-hydrogen) atoms. The summed E-state index contributed by atoms with van der Waals surface area (Å²) in [5.74, 6) is -0.696. The first-order chi connectivity index (χ1) is 13.5. The van der Waals surface area contributed by atoms with Gasteiger partial charge in [0.1, 0.15) is 24.4 Å². The molecule has 3 rings (SSSR count). The Kier molecular flexibility index (Phi) is 6.61. The van der Waals surface area contributed by atoms with Crippen LogP contribution in [0, 0.1) is 5.92 Å². The molecular formula is C22H38N2O5. The highest BCUT2D eigenvalue weighted by molar-refractivity contribution is 5.89. The molecule has 0 unspecified atom stereocenters. The highest BCUT2D eigenvalue weighted by atomic mass is 16.8. The van der Waals surface area contributed by atoms with Gasteiger partial charge in [0, 0.05) is 24.8 Å². The van der Waals surface area contributed by atoms with Gasteiger partial charge in [-0.05, 0) is 46.0 Å². The van der Waals surface area contributed by atoms with Crippen LogP contribution >= 0.6 is 0 Å². The van der Waals surface area contributed by atoms with Crippen LogP contribution in [-0.2, 0) is 19.1 Å². The van der Waals surface area contributed by atoms with Crippen LogP contribution in [0.3, 0.4) is 0 Å². The van der Waals surface area contributed by atoms with E-state index in [9.17, 15) is 14.7 Å². The molecule has 7 nitrogen and oxygen atoms in total. The Bertz CT molecular complexity index is 609. The van der Waals surface area contributed by atoms with Crippen LogP contribution in [-0.4, -0.2) is 64.0 Å². The molecule has 2 heterocycles. The molecule has 4 atom stereocenters. The lowest BCUT2D eigenvalue weighted by molar-refractivity contribution is -0.199. The van der Waals surface area contributed by atoms with Crippen molar-refractivity contribution < 1.29 is 24.2 Å². The summed E-state index contributed by atoms with van der Waals surface area (Å²) >= 11 is 0. The van der Waals surface area contributed by atoms with Crippen molar-refractivity contribution in [2.45, 2.75) is 115 Å². The van der Waals surface area contributed by atoms with Crippen LogP contribution in [0.25, 0.3) is 0 Å². The van der Waals surface area contributed by atoms with Crippen LogP contribution < -0.4 is 5.32 Å². The van der Waals surface area contributed by atoms with Gasteiger partial charge in [0.05, 0.1) is 6.54 Å². The van der Waals surface area contributed by atoms with Crippen molar-refractivity contribution in [3.63, 3.8) is 0 Å². The number of likely N-dealkylation sites (tertiary alicyclic amines) is 1. The fourth-order valence-electron chi connectivity index (χ4n) is 4.67. The monoisotopic (exact) mass is 410 g/mol. The number of nitrogens with zero attached hydrogens (tertiary/aromatic N) is 1. The van der Waals surface area contributed by atoms with Crippen molar-refractivity contribution in [1.29, 1.82) is 0 Å². The van der Waals surface area contributed by atoms with E-state index in [1.807, 2.05) is 20.8 Å². The number of ether oxygens (including phenoxy) is 2. The van der Waals surface area contributed by atoms with Crippen molar-refractivity contribution >= 4 is 11.8 Å². The van der Waals surface area contributed by atoms with E-state index in [2.05, 4.69) is 19.2 Å². The molecule has 2 N–H and O–H groups in total. The van der Waals surface area contributed by atoms with Gasteiger partial charge in [-0.3, -0.25) is 9.59 Å². The minimum Gasteiger partial charge on any atom is -0.388 e. The molecule has 7 heteroatoms. The molecular weight excluding hydrogens is 372 g/mol. The van der Waals surface area contributed by atoms with Gasteiger partial charge < -0.3 is 24.8 Å². The van der Waals surface area contributed by atoms with Crippen LogP contribution in [0.2, 0.25) is 0 Å². The number of carbonyl (C=O) groups is 2. The summed E-state index contributed by atoms with van der Waals surface area (Å²) in [5.41, 5.74) is -0.433. The summed E-state index contributed by atoms with van der Waals surface area (Å²) in [7, 11) is 0. The lowest BCUT2D eigenvalue weighted by atomic mass is 9.91. The van der Waals surface area contributed by atoms with Crippen LogP contribution in [0.1, 0.15) is 79.6 Å². The number of carbonyl (C=O) groups excluding carboxylic acids is 2. The Hall–Kier alpha value is -1.18. The van der Waals surface area contributed by atoms with Crippen LogP contribution in [0.4, 0.5) is 0 Å². The summed E-state index contributed by atoms with van der Waals surface area (Å²) in [4.78, 5) is 27.8. The molecule has 0 aromatic rings. The first-order valence-corrected chi connectivity index (χ1v) is 11.2. The number of rotatable bonds is 4. The predicted molar refractivity (Wildman–Crippen MR) is 109 cm³/mol. The zero-order valence-corrected chi connectivity index (χ0v) is 18.6. The molecule has 166 valence electrons. The molecule has 1 saturated carbocycles. The van der Waals surface area contributed by atoms with Gasteiger partial charge in [-0.1, -0.05) is 20.3 Å². The van der Waals surface area contributed by atoms with Crippen molar-refractivity contribution in [1.82, 2.24) is 10.2 Å². The van der Waals surface area contributed by atoms with Crippen LogP contribution in [0.5, 0.6) is 0 Å². The highest BCUT2D eigenvalue weighted by Crippen LogP contribution is 2.44. The van der Waals surface area contributed by atoms with Crippen molar-refractivity contribution in [2.75, 3.05) is 6.54 Å². The van der Waals surface area contributed by atoms with Gasteiger partial charge in [0.25, 0.3) is 0 Å². The van der Waals surface area contributed by atoms with Gasteiger partial charge >= 0.3 is 0 Å². The van der Waals surface area contributed by atoms with E-state index < -0.39 is 35.7 Å². The van der Waals surface area contributed by atoms with E-state index in [0.29, 0.717) is 12.3 Å². The number of aliphatic hydroxyl groups is 1. The van der Waals surface area contributed by atoms with E-state index in [1.54, 1.807) is 0 Å². The maximum atomic E-state index is 13.3. The standard InChI is InChI=1S/C22H38N2O5/c1-14(2)9-10-16(26)24-13-15(25)18-19(17(24)20(27)23-21(3,4)5)29-22(28-18)11-7-6-8-12-22/h14-15,17-19,25H,6-13H2,1-5H3,(H,23,27)/t15-,17-,18-,19+/m1/s1. The summed E-state index contributed by atoms with van der Waals surface area (Å²) in [6.45, 7) is 9.98. The maximum absolute atomic E-state index is 13.3. The number of fused-ring (bicyclic) bond motifs is 1. The topological polar surface area (TPSA) is 88.1 Å². The molecule has 0 radical (unpaired) electrons. The zero-order chi connectivity index (χ0) is 21.4. The molecule has 0 aromatic heterocycles. The van der Waals surface area contributed by atoms with E-state index in [4.69, 9.17) is 9.47 Å². The second-order valence-corrected chi connectivity index (χ2v) is 10.4. The lowest BCUT2D eigenvalue weighted by Gasteiger charge is -2.43. The normalized spacial score (nSPS) is 31.8. The van der Waals surface area contributed by atoms with Crippen molar-refractivity contribution in [3.05, 3.63) is 0 Å². The Morgan fingerprint density at radius 3 is 2.34 bits per heavy atom. The Morgan fingerprint density at radius 2 is 1.76 bits per heavy atom. The SMILES string of the molecule is CC(C)CCC(=O)N1C[C@@H](O)[C@H]2OC3(CCCCC3)O[C@H]2[C@@H]1C(=O)NC(C)(C)C. The van der Waals surface area contributed by atoms with Gasteiger partial charge in [-0.25, -0.2) is 0 Å². The Balaban J connectivity index is 1.86. The second-order valence-electron chi connectivity index (χ2n) is 10.4. The second kappa shape index (κ2) is 8.52. The number of nitrogens with one attached hydrogen (secondary N) is 1. The van der Waals surface area contributed by atoms with Crippen molar-refractivity contribution in [2.24, 2.45) is 5.92 Å². The predicted octanol–water partition coefficient (Wildman–Crippen LogP) is 2.35. The van der Waals surface area contributed by atoms with Gasteiger partial charge in [-0.2, -0.15) is 0 Å². The molecule has 0 aromatic carbocycles. The summed E-state index contributed by atoms with van der Waals surface area (Å²) < 4.78 is 12.6. The molecule has 1 aliphatic carbocycles. The maximum Gasteiger partial charge on any atom is 0.246 e. The van der Waals surface area contributed by atoms with E-state index >= 15 is 0 Å². The molecule has 2 saturated heterocycles. The van der Waals surface area contributed by atoms with E-state index in [1.165, 1.54) is 4.90 Å². The lowest BCUT2D eigenvalue weighted by Crippen LogP contribution is -2.67. The largest absolute Gasteiger partial charge is 0.388 e. The Morgan fingerprint density at radius 1 is 1.14 bits per heavy atom. The third-order valence-electron chi connectivity index (χ3n) is 6.07. The third kappa shape index (κ3) is 5.12. The average Bonchev–Trinajstić information content (AvgIpc) is 2.97. The summed E-state index contributed by atoms with van der Waals surface area (Å²) in [5, 5.41) is 13.8. The van der Waals surface area contributed by atoms with E-state index in [-0.39, 0.29) is 18.4 Å². The molecule has 2 aliphatic heterocycles. The molecule has 2 amide bonds. The molecule has 3 aliphatic rings. The van der Waals surface area contributed by atoms with E-state index in [0.717, 1.165) is 38.5 Å². The first kappa shape index (κ1) is 22.5. The minimum absolute atomic E-state index is 0.0970. The molecule has 0 bridgehead atoms. The van der Waals surface area contributed by atoms with Crippen molar-refractivity contribution in [3.8, 4) is 0 Å². The highest BCUT2D eigenvalue weighted by Gasteiger charge is 2.59. The van der Waals surface area contributed by atoms with Crippen LogP contribution in [0.15, 0.2) is 0 Å². The smallest absolute Gasteiger partial charge is 0.246 e. The first-order valence-electron chi connectivity index (χ1n) is 11.2. The minimum atomic E-state index is -0.858. The van der Waals surface area contributed by atoms with Gasteiger partial charge in [-0.15, -0.1) is 0 Å². The number of aliphatic hydroxyl groups excluding tert-OH is 1. The Labute approximate surface area is 174 Å². The number of piperidine rings is 1.